The molecule has 0 fully saturated rings. The standard InChI is InChI=1S/C15H27NOS/c1-13(2)12-16-9-4-6-14(3)17-10-8-15-7-5-11-18-15/h5,7,11,13-14,16H,4,6,8-10,12H2,1-3H3. The number of hydrogen-bond donors (Lipinski definition) is 1. The Labute approximate surface area is 116 Å². The van der Waals surface area contributed by atoms with Crippen molar-refractivity contribution < 1.29 is 4.74 Å². The molecule has 0 saturated carbocycles. The molecule has 0 aliphatic carbocycles. The molecule has 1 N–H and O–H groups in total. The van der Waals surface area contributed by atoms with Crippen LogP contribution in [0.4, 0.5) is 0 Å². The zero-order valence-electron chi connectivity index (χ0n) is 11.9. The van der Waals surface area contributed by atoms with Crippen LogP contribution < -0.4 is 5.32 Å². The summed E-state index contributed by atoms with van der Waals surface area (Å²) in [5.41, 5.74) is 0. The van der Waals surface area contributed by atoms with E-state index in [2.05, 4.69) is 43.6 Å². The van der Waals surface area contributed by atoms with Crippen LogP contribution in [0, 0.1) is 5.92 Å². The number of hydrogen-bond acceptors (Lipinski definition) is 3. The van der Waals surface area contributed by atoms with Gasteiger partial charge < -0.3 is 10.1 Å². The van der Waals surface area contributed by atoms with Crippen LogP contribution in [0.2, 0.25) is 0 Å². The van der Waals surface area contributed by atoms with Crippen molar-refractivity contribution in [2.75, 3.05) is 19.7 Å². The van der Waals surface area contributed by atoms with E-state index in [0.29, 0.717) is 6.10 Å². The van der Waals surface area contributed by atoms with Crippen LogP contribution in [0.1, 0.15) is 38.5 Å². The Kier molecular flexibility index (Phi) is 8.31. The first kappa shape index (κ1) is 15.7. The zero-order valence-corrected chi connectivity index (χ0v) is 12.8. The van der Waals surface area contributed by atoms with Gasteiger partial charge >= 0.3 is 0 Å². The summed E-state index contributed by atoms with van der Waals surface area (Å²) in [5.74, 6) is 0.740. The predicted molar refractivity (Wildman–Crippen MR) is 80.4 cm³/mol. The minimum absolute atomic E-state index is 0.380. The monoisotopic (exact) mass is 269 g/mol. The minimum Gasteiger partial charge on any atom is -0.378 e. The molecule has 1 unspecified atom stereocenters. The second kappa shape index (κ2) is 9.54. The van der Waals surface area contributed by atoms with Gasteiger partial charge in [-0.2, -0.15) is 0 Å². The number of rotatable bonds is 10. The van der Waals surface area contributed by atoms with E-state index in [4.69, 9.17) is 4.74 Å². The molecule has 0 aromatic carbocycles. The second-order valence-corrected chi connectivity index (χ2v) is 6.28. The predicted octanol–water partition coefficient (Wildman–Crippen LogP) is 3.72. The third-order valence-electron chi connectivity index (χ3n) is 2.85. The lowest BCUT2D eigenvalue weighted by Crippen LogP contribution is -2.22. The molecular formula is C15H27NOS. The van der Waals surface area contributed by atoms with Gasteiger partial charge in [0.05, 0.1) is 12.7 Å². The lowest BCUT2D eigenvalue weighted by Gasteiger charge is -2.13. The maximum Gasteiger partial charge on any atom is 0.0547 e. The van der Waals surface area contributed by atoms with Crippen LogP contribution in [0.25, 0.3) is 0 Å². The fraction of sp³-hybridized carbons (Fsp3) is 0.733. The van der Waals surface area contributed by atoms with Crippen molar-refractivity contribution in [1.82, 2.24) is 5.32 Å². The molecule has 0 aliphatic heterocycles. The highest BCUT2D eigenvalue weighted by Crippen LogP contribution is 2.10. The molecule has 0 amide bonds. The summed E-state index contributed by atoms with van der Waals surface area (Å²) in [6.07, 6.45) is 3.78. The highest BCUT2D eigenvalue weighted by molar-refractivity contribution is 7.09. The Bertz CT molecular complexity index is 285. The first-order valence-electron chi connectivity index (χ1n) is 7.03. The van der Waals surface area contributed by atoms with Crippen molar-refractivity contribution in [3.63, 3.8) is 0 Å². The molecule has 1 heterocycles. The van der Waals surface area contributed by atoms with Crippen LogP contribution in [-0.2, 0) is 11.2 Å². The molecule has 1 atom stereocenters. The Morgan fingerprint density at radius 3 is 2.83 bits per heavy atom. The SMILES string of the molecule is CC(C)CNCCCC(C)OCCc1cccs1. The highest BCUT2D eigenvalue weighted by atomic mass is 32.1. The summed E-state index contributed by atoms with van der Waals surface area (Å²) in [7, 11) is 0. The normalized spacial score (nSPS) is 13.1. The maximum atomic E-state index is 5.82. The largest absolute Gasteiger partial charge is 0.378 e. The third kappa shape index (κ3) is 7.85. The lowest BCUT2D eigenvalue weighted by atomic mass is 10.2. The summed E-state index contributed by atoms with van der Waals surface area (Å²) in [4.78, 5) is 1.42. The van der Waals surface area contributed by atoms with Gasteiger partial charge in [0, 0.05) is 11.3 Å². The fourth-order valence-electron chi connectivity index (χ4n) is 1.80. The molecule has 104 valence electrons. The van der Waals surface area contributed by atoms with E-state index in [9.17, 15) is 0 Å². The van der Waals surface area contributed by atoms with Gasteiger partial charge in [0.25, 0.3) is 0 Å². The molecule has 0 aliphatic rings. The van der Waals surface area contributed by atoms with Crippen LogP contribution >= 0.6 is 11.3 Å². The fourth-order valence-corrected chi connectivity index (χ4v) is 2.49. The van der Waals surface area contributed by atoms with E-state index in [0.717, 1.165) is 38.5 Å². The lowest BCUT2D eigenvalue weighted by molar-refractivity contribution is 0.0615. The molecule has 0 spiro atoms. The Morgan fingerprint density at radius 1 is 1.33 bits per heavy atom. The Balaban J connectivity index is 1.92. The van der Waals surface area contributed by atoms with Crippen molar-refractivity contribution in [3.8, 4) is 0 Å². The number of thiophene rings is 1. The summed E-state index contributed by atoms with van der Waals surface area (Å²) < 4.78 is 5.82. The van der Waals surface area contributed by atoms with E-state index >= 15 is 0 Å². The Morgan fingerprint density at radius 2 is 2.17 bits per heavy atom. The highest BCUT2D eigenvalue weighted by Gasteiger charge is 2.02. The van der Waals surface area contributed by atoms with Gasteiger partial charge in [-0.15, -0.1) is 11.3 Å². The van der Waals surface area contributed by atoms with E-state index in [1.54, 1.807) is 0 Å². The summed E-state index contributed by atoms with van der Waals surface area (Å²) in [6, 6.07) is 4.28. The molecular weight excluding hydrogens is 242 g/mol. The van der Waals surface area contributed by atoms with E-state index in [1.165, 1.54) is 11.3 Å². The molecule has 1 aromatic rings. The first-order valence-corrected chi connectivity index (χ1v) is 7.91. The summed E-state index contributed by atoms with van der Waals surface area (Å²) in [6.45, 7) is 9.73. The average molecular weight is 269 g/mol. The van der Waals surface area contributed by atoms with Crippen molar-refractivity contribution in [2.45, 2.75) is 46.1 Å². The van der Waals surface area contributed by atoms with Gasteiger partial charge in [-0.05, 0) is 50.2 Å². The van der Waals surface area contributed by atoms with Crippen LogP contribution in [-0.4, -0.2) is 25.8 Å². The second-order valence-electron chi connectivity index (χ2n) is 5.25. The summed E-state index contributed by atoms with van der Waals surface area (Å²) in [5, 5.41) is 5.59. The Hall–Kier alpha value is -0.380. The van der Waals surface area contributed by atoms with Gasteiger partial charge in [0.2, 0.25) is 0 Å². The molecule has 0 radical (unpaired) electrons. The zero-order chi connectivity index (χ0) is 13.2. The minimum atomic E-state index is 0.380. The topological polar surface area (TPSA) is 21.3 Å². The van der Waals surface area contributed by atoms with Crippen LogP contribution in [0.3, 0.4) is 0 Å². The molecule has 18 heavy (non-hydrogen) atoms. The van der Waals surface area contributed by atoms with E-state index in [1.807, 2.05) is 11.3 Å². The summed E-state index contributed by atoms with van der Waals surface area (Å²) >= 11 is 1.81. The molecule has 0 bridgehead atoms. The third-order valence-corrected chi connectivity index (χ3v) is 3.78. The number of nitrogens with one attached hydrogen (secondary N) is 1. The van der Waals surface area contributed by atoms with Gasteiger partial charge in [-0.3, -0.25) is 0 Å². The van der Waals surface area contributed by atoms with Crippen LogP contribution in [0.5, 0.6) is 0 Å². The molecule has 3 heteroatoms. The molecule has 1 rings (SSSR count). The number of ether oxygens (including phenoxy) is 1. The molecule has 2 nitrogen and oxygen atoms in total. The molecule has 0 saturated heterocycles. The smallest absolute Gasteiger partial charge is 0.0547 e. The van der Waals surface area contributed by atoms with Crippen molar-refractivity contribution in [2.24, 2.45) is 5.92 Å². The molecule has 1 aromatic heterocycles. The van der Waals surface area contributed by atoms with Crippen molar-refractivity contribution >= 4 is 11.3 Å². The van der Waals surface area contributed by atoms with Crippen molar-refractivity contribution in [1.29, 1.82) is 0 Å². The average Bonchev–Trinajstić information content (AvgIpc) is 2.81. The first-order chi connectivity index (χ1) is 8.68. The van der Waals surface area contributed by atoms with E-state index < -0.39 is 0 Å². The quantitative estimate of drug-likeness (QED) is 0.654. The van der Waals surface area contributed by atoms with E-state index in [-0.39, 0.29) is 0 Å². The van der Waals surface area contributed by atoms with Crippen LogP contribution in [0.15, 0.2) is 17.5 Å². The van der Waals surface area contributed by atoms with Crippen molar-refractivity contribution in [3.05, 3.63) is 22.4 Å². The van der Waals surface area contributed by atoms with Gasteiger partial charge in [-0.25, -0.2) is 0 Å². The maximum absolute atomic E-state index is 5.82. The van der Waals surface area contributed by atoms with Gasteiger partial charge in [0.15, 0.2) is 0 Å². The van der Waals surface area contributed by atoms with Gasteiger partial charge in [-0.1, -0.05) is 19.9 Å². The van der Waals surface area contributed by atoms with Gasteiger partial charge in [0.1, 0.15) is 0 Å².